The maximum Gasteiger partial charge on any atom is 0.220 e. The molecular formula is C9H19NO4. The van der Waals surface area contributed by atoms with Crippen LogP contribution in [-0.4, -0.2) is 49.1 Å². The molecule has 0 saturated carbocycles. The number of hydrogen-bond acceptors (Lipinski definition) is 4. The summed E-state index contributed by atoms with van der Waals surface area (Å²) in [5.74, 6) is -0.103. The Morgan fingerprint density at radius 3 is 2.79 bits per heavy atom. The highest BCUT2D eigenvalue weighted by Crippen LogP contribution is 1.93. The van der Waals surface area contributed by atoms with Gasteiger partial charge in [0.25, 0.3) is 0 Å². The van der Waals surface area contributed by atoms with Crippen molar-refractivity contribution in [2.24, 2.45) is 0 Å². The van der Waals surface area contributed by atoms with E-state index in [2.05, 4.69) is 5.32 Å². The van der Waals surface area contributed by atoms with E-state index in [0.717, 1.165) is 0 Å². The predicted molar refractivity (Wildman–Crippen MR) is 51.8 cm³/mol. The summed E-state index contributed by atoms with van der Waals surface area (Å²) in [6, 6.07) is 0. The van der Waals surface area contributed by atoms with Crippen LogP contribution in [0.2, 0.25) is 0 Å². The van der Waals surface area contributed by atoms with Gasteiger partial charge >= 0.3 is 0 Å². The SMILES string of the molecule is COCC(O)CNC(=O)CCCCO. The van der Waals surface area contributed by atoms with Crippen LogP contribution in [0.5, 0.6) is 0 Å². The molecule has 0 heterocycles. The van der Waals surface area contributed by atoms with Crippen LogP contribution in [0.3, 0.4) is 0 Å². The molecule has 0 fully saturated rings. The first-order chi connectivity index (χ1) is 6.70. The van der Waals surface area contributed by atoms with Gasteiger partial charge in [-0.15, -0.1) is 0 Å². The van der Waals surface area contributed by atoms with Gasteiger partial charge in [-0.2, -0.15) is 0 Å². The van der Waals surface area contributed by atoms with Crippen molar-refractivity contribution in [2.45, 2.75) is 25.4 Å². The Balaban J connectivity index is 3.34. The molecule has 0 radical (unpaired) electrons. The Kier molecular flexibility index (Phi) is 8.51. The minimum Gasteiger partial charge on any atom is -0.396 e. The second kappa shape index (κ2) is 8.93. The largest absolute Gasteiger partial charge is 0.396 e. The lowest BCUT2D eigenvalue weighted by Crippen LogP contribution is -2.34. The Morgan fingerprint density at radius 1 is 1.50 bits per heavy atom. The molecule has 0 aliphatic rings. The maximum absolute atomic E-state index is 11.1. The molecule has 14 heavy (non-hydrogen) atoms. The highest BCUT2D eigenvalue weighted by molar-refractivity contribution is 5.75. The summed E-state index contributed by atoms with van der Waals surface area (Å²) in [6.45, 7) is 0.544. The molecule has 1 amide bonds. The number of carbonyl (C=O) groups is 1. The molecule has 0 saturated heterocycles. The van der Waals surface area contributed by atoms with Gasteiger partial charge in [-0.3, -0.25) is 4.79 Å². The van der Waals surface area contributed by atoms with Crippen molar-refractivity contribution in [3.8, 4) is 0 Å². The molecule has 0 spiro atoms. The molecule has 0 aromatic rings. The third kappa shape index (κ3) is 7.97. The second-order valence-corrected chi connectivity index (χ2v) is 3.09. The summed E-state index contributed by atoms with van der Waals surface area (Å²) in [5, 5.41) is 20.2. The van der Waals surface area contributed by atoms with Crippen molar-refractivity contribution >= 4 is 5.91 Å². The van der Waals surface area contributed by atoms with Crippen LogP contribution in [-0.2, 0) is 9.53 Å². The first-order valence-corrected chi connectivity index (χ1v) is 4.75. The Hall–Kier alpha value is -0.650. The minimum atomic E-state index is -0.651. The van der Waals surface area contributed by atoms with Crippen molar-refractivity contribution in [1.29, 1.82) is 0 Å². The fraction of sp³-hybridized carbons (Fsp3) is 0.889. The van der Waals surface area contributed by atoms with Crippen molar-refractivity contribution in [1.82, 2.24) is 5.32 Å². The highest BCUT2D eigenvalue weighted by Gasteiger charge is 2.05. The van der Waals surface area contributed by atoms with E-state index in [9.17, 15) is 9.90 Å². The van der Waals surface area contributed by atoms with E-state index in [1.54, 1.807) is 0 Å². The molecule has 0 bridgehead atoms. The lowest BCUT2D eigenvalue weighted by molar-refractivity contribution is -0.121. The number of aliphatic hydroxyl groups is 2. The molecule has 5 nitrogen and oxygen atoms in total. The maximum atomic E-state index is 11.1. The first-order valence-electron chi connectivity index (χ1n) is 4.75. The molecule has 3 N–H and O–H groups in total. The van der Waals surface area contributed by atoms with Crippen molar-refractivity contribution in [3.63, 3.8) is 0 Å². The van der Waals surface area contributed by atoms with Gasteiger partial charge in [0.15, 0.2) is 0 Å². The summed E-state index contributed by atoms with van der Waals surface area (Å²) in [5.41, 5.74) is 0. The van der Waals surface area contributed by atoms with Gasteiger partial charge in [0.2, 0.25) is 5.91 Å². The first kappa shape index (κ1) is 13.4. The van der Waals surface area contributed by atoms with Gasteiger partial charge in [-0.1, -0.05) is 0 Å². The average Bonchev–Trinajstić information content (AvgIpc) is 2.16. The molecule has 1 unspecified atom stereocenters. The molecule has 0 aromatic heterocycles. The van der Waals surface area contributed by atoms with Gasteiger partial charge in [0.1, 0.15) is 0 Å². The normalized spacial score (nSPS) is 12.5. The van der Waals surface area contributed by atoms with Crippen LogP contribution in [0.15, 0.2) is 0 Å². The number of nitrogens with one attached hydrogen (secondary N) is 1. The van der Waals surface area contributed by atoms with E-state index < -0.39 is 6.10 Å². The zero-order valence-corrected chi connectivity index (χ0v) is 8.53. The quantitative estimate of drug-likeness (QED) is 0.457. The fourth-order valence-electron chi connectivity index (χ4n) is 0.969. The molecule has 0 aliphatic carbocycles. The van der Waals surface area contributed by atoms with Crippen LogP contribution >= 0.6 is 0 Å². The van der Waals surface area contributed by atoms with Gasteiger partial charge in [0.05, 0.1) is 12.7 Å². The lowest BCUT2D eigenvalue weighted by atomic mass is 10.2. The van der Waals surface area contributed by atoms with Crippen LogP contribution in [0.25, 0.3) is 0 Å². The number of methoxy groups -OCH3 is 1. The van der Waals surface area contributed by atoms with E-state index in [1.165, 1.54) is 7.11 Å². The predicted octanol–water partition coefficient (Wildman–Crippen LogP) is -0.728. The van der Waals surface area contributed by atoms with Crippen molar-refractivity contribution in [3.05, 3.63) is 0 Å². The number of ether oxygens (including phenoxy) is 1. The topological polar surface area (TPSA) is 78.8 Å². The van der Waals surface area contributed by atoms with Crippen LogP contribution in [0.1, 0.15) is 19.3 Å². The summed E-state index contributed by atoms with van der Waals surface area (Å²) >= 11 is 0. The van der Waals surface area contributed by atoms with E-state index in [-0.39, 0.29) is 25.7 Å². The van der Waals surface area contributed by atoms with Gasteiger partial charge in [-0.05, 0) is 12.8 Å². The van der Waals surface area contributed by atoms with Crippen LogP contribution in [0.4, 0.5) is 0 Å². The lowest BCUT2D eigenvalue weighted by Gasteiger charge is -2.10. The number of unbranched alkanes of at least 4 members (excludes halogenated alkanes) is 1. The minimum absolute atomic E-state index is 0.103. The molecule has 84 valence electrons. The monoisotopic (exact) mass is 205 g/mol. The fourth-order valence-corrected chi connectivity index (χ4v) is 0.969. The van der Waals surface area contributed by atoms with E-state index in [1.807, 2.05) is 0 Å². The van der Waals surface area contributed by atoms with Gasteiger partial charge in [-0.25, -0.2) is 0 Å². The zero-order chi connectivity index (χ0) is 10.8. The molecule has 5 heteroatoms. The van der Waals surface area contributed by atoms with E-state index >= 15 is 0 Å². The average molecular weight is 205 g/mol. The van der Waals surface area contributed by atoms with Crippen molar-refractivity contribution in [2.75, 3.05) is 26.9 Å². The molecule has 0 rings (SSSR count). The number of aliphatic hydroxyl groups excluding tert-OH is 2. The van der Waals surface area contributed by atoms with E-state index in [4.69, 9.17) is 9.84 Å². The molecule has 0 aliphatic heterocycles. The third-order valence-electron chi connectivity index (χ3n) is 1.71. The number of amides is 1. The Labute approximate surface area is 84.1 Å². The standard InChI is InChI=1S/C9H19NO4/c1-14-7-8(12)6-10-9(13)4-2-3-5-11/h8,11-12H,2-7H2,1H3,(H,10,13). The third-order valence-corrected chi connectivity index (χ3v) is 1.71. The van der Waals surface area contributed by atoms with E-state index in [0.29, 0.717) is 19.3 Å². The summed E-state index contributed by atoms with van der Waals surface area (Å²) < 4.78 is 4.70. The number of carbonyl (C=O) groups excluding carboxylic acids is 1. The highest BCUT2D eigenvalue weighted by atomic mass is 16.5. The molecular weight excluding hydrogens is 186 g/mol. The number of rotatable bonds is 8. The number of hydrogen-bond donors (Lipinski definition) is 3. The molecule has 1 atom stereocenters. The zero-order valence-electron chi connectivity index (χ0n) is 8.53. The van der Waals surface area contributed by atoms with Gasteiger partial charge < -0.3 is 20.3 Å². The van der Waals surface area contributed by atoms with Gasteiger partial charge in [0, 0.05) is 26.7 Å². The summed E-state index contributed by atoms with van der Waals surface area (Å²) in [7, 11) is 1.49. The smallest absolute Gasteiger partial charge is 0.220 e. The Morgan fingerprint density at radius 2 is 2.21 bits per heavy atom. The summed E-state index contributed by atoms with van der Waals surface area (Å²) in [6.07, 6.45) is 1.04. The Bertz CT molecular complexity index is 152. The van der Waals surface area contributed by atoms with Crippen LogP contribution < -0.4 is 5.32 Å². The second-order valence-electron chi connectivity index (χ2n) is 3.09. The van der Waals surface area contributed by atoms with Crippen LogP contribution in [0, 0.1) is 0 Å². The molecule has 0 aromatic carbocycles. The van der Waals surface area contributed by atoms with Crippen molar-refractivity contribution < 1.29 is 19.7 Å². The summed E-state index contributed by atoms with van der Waals surface area (Å²) in [4.78, 5) is 11.1.